The molecule has 2 saturated heterocycles. The lowest BCUT2D eigenvalue weighted by Gasteiger charge is -2.48. The summed E-state index contributed by atoms with van der Waals surface area (Å²) in [5.74, 6) is 1.33. The van der Waals surface area contributed by atoms with Crippen LogP contribution < -0.4 is 4.90 Å². The lowest BCUT2D eigenvalue weighted by atomic mass is 9.73. The van der Waals surface area contributed by atoms with Gasteiger partial charge in [0.1, 0.15) is 12.1 Å². The molecule has 5 heteroatoms. The number of carbonyl (C=O) groups is 1. The predicted molar refractivity (Wildman–Crippen MR) is 107 cm³/mol. The van der Waals surface area contributed by atoms with Gasteiger partial charge in [-0.25, -0.2) is 9.97 Å². The summed E-state index contributed by atoms with van der Waals surface area (Å²) < 4.78 is 0. The number of hydrogen-bond donors (Lipinski definition) is 0. The number of piperidine rings is 2. The third kappa shape index (κ3) is 4.12. The van der Waals surface area contributed by atoms with Crippen molar-refractivity contribution in [2.45, 2.75) is 39.0 Å². The molecule has 5 nitrogen and oxygen atoms in total. The minimum Gasteiger partial charge on any atom is -0.356 e. The number of aryl methyl sites for hydroxylation is 1. The van der Waals surface area contributed by atoms with Crippen LogP contribution in [0.5, 0.6) is 0 Å². The highest BCUT2D eigenvalue weighted by atomic mass is 16.2. The van der Waals surface area contributed by atoms with Gasteiger partial charge in [-0.05, 0) is 38.2 Å². The van der Waals surface area contributed by atoms with Crippen LogP contribution in [0.3, 0.4) is 0 Å². The molecule has 4 rings (SSSR count). The minimum absolute atomic E-state index is 0.196. The van der Waals surface area contributed by atoms with Gasteiger partial charge in [0.05, 0.1) is 0 Å². The van der Waals surface area contributed by atoms with E-state index >= 15 is 0 Å². The summed E-state index contributed by atoms with van der Waals surface area (Å²) in [6.45, 7) is 5.72. The highest BCUT2D eigenvalue weighted by Crippen LogP contribution is 2.39. The third-order valence-electron chi connectivity index (χ3n) is 6.04. The van der Waals surface area contributed by atoms with E-state index in [1.54, 1.807) is 6.33 Å². The van der Waals surface area contributed by atoms with Crippen molar-refractivity contribution >= 4 is 11.7 Å². The van der Waals surface area contributed by atoms with E-state index in [4.69, 9.17) is 0 Å². The van der Waals surface area contributed by atoms with E-state index in [-0.39, 0.29) is 5.41 Å². The molecule has 1 amide bonds. The van der Waals surface area contributed by atoms with Crippen LogP contribution in [0.1, 0.15) is 36.9 Å². The van der Waals surface area contributed by atoms with Crippen LogP contribution in [-0.2, 0) is 11.2 Å². The lowest BCUT2D eigenvalue weighted by molar-refractivity contribution is -0.137. The Labute approximate surface area is 161 Å². The molecule has 0 radical (unpaired) electrons. The number of rotatable bonds is 4. The zero-order valence-electron chi connectivity index (χ0n) is 16.1. The fraction of sp³-hybridized carbons (Fsp3) is 0.500. The van der Waals surface area contributed by atoms with Gasteiger partial charge < -0.3 is 9.80 Å². The maximum absolute atomic E-state index is 12.5. The highest BCUT2D eigenvalue weighted by molar-refractivity contribution is 5.77. The average Bonchev–Trinajstić information content (AvgIpc) is 2.70. The summed E-state index contributed by atoms with van der Waals surface area (Å²) in [7, 11) is 0. The molecule has 0 unspecified atom stereocenters. The minimum atomic E-state index is 0.196. The number of anilines is 1. The number of carbonyl (C=O) groups excluding carboxylic acids is 1. The first kappa shape index (κ1) is 18.0. The van der Waals surface area contributed by atoms with Gasteiger partial charge in [0.15, 0.2) is 0 Å². The zero-order valence-corrected chi connectivity index (χ0v) is 16.1. The van der Waals surface area contributed by atoms with E-state index in [2.05, 4.69) is 50.1 Å². The van der Waals surface area contributed by atoms with Gasteiger partial charge in [0.25, 0.3) is 0 Å². The first-order valence-corrected chi connectivity index (χ1v) is 9.99. The summed E-state index contributed by atoms with van der Waals surface area (Å²) in [4.78, 5) is 25.7. The third-order valence-corrected chi connectivity index (χ3v) is 6.04. The van der Waals surface area contributed by atoms with E-state index in [1.807, 2.05) is 13.0 Å². The molecule has 0 aliphatic carbocycles. The first-order valence-electron chi connectivity index (χ1n) is 9.99. The molecular weight excluding hydrogens is 336 g/mol. The SMILES string of the molecule is Cc1cc(N2CCC[C@]3(CCC(=O)N(CCc4ccccc4)C3)C2)ncn1. The molecule has 2 aliphatic heterocycles. The van der Waals surface area contributed by atoms with Crippen molar-refractivity contribution < 1.29 is 4.79 Å². The maximum Gasteiger partial charge on any atom is 0.222 e. The summed E-state index contributed by atoms with van der Waals surface area (Å²) in [6.07, 6.45) is 6.60. The zero-order chi connectivity index (χ0) is 18.7. The smallest absolute Gasteiger partial charge is 0.222 e. The molecule has 27 heavy (non-hydrogen) atoms. The molecule has 3 heterocycles. The van der Waals surface area contributed by atoms with E-state index in [0.717, 1.165) is 57.0 Å². The fourth-order valence-corrected chi connectivity index (χ4v) is 4.56. The van der Waals surface area contributed by atoms with Crippen LogP contribution in [0.2, 0.25) is 0 Å². The number of amides is 1. The molecule has 142 valence electrons. The normalized spacial score (nSPS) is 23.1. The Kier molecular flexibility index (Phi) is 5.10. The fourth-order valence-electron chi connectivity index (χ4n) is 4.56. The monoisotopic (exact) mass is 364 g/mol. The van der Waals surface area contributed by atoms with Crippen LogP contribution in [0.4, 0.5) is 5.82 Å². The number of aromatic nitrogens is 2. The van der Waals surface area contributed by atoms with Gasteiger partial charge in [0.2, 0.25) is 5.91 Å². The van der Waals surface area contributed by atoms with Crippen molar-refractivity contribution in [3.05, 3.63) is 54.0 Å². The molecule has 1 atom stereocenters. The molecule has 2 aliphatic rings. The Hall–Kier alpha value is -2.43. The number of hydrogen-bond acceptors (Lipinski definition) is 4. The molecule has 1 aromatic heterocycles. The summed E-state index contributed by atoms with van der Waals surface area (Å²) in [5, 5.41) is 0. The van der Waals surface area contributed by atoms with Crippen LogP contribution in [0.15, 0.2) is 42.7 Å². The quantitative estimate of drug-likeness (QED) is 0.836. The number of benzene rings is 1. The average molecular weight is 364 g/mol. The second-order valence-corrected chi connectivity index (χ2v) is 8.09. The van der Waals surface area contributed by atoms with Gasteiger partial charge >= 0.3 is 0 Å². The van der Waals surface area contributed by atoms with E-state index in [9.17, 15) is 4.79 Å². The number of nitrogens with zero attached hydrogens (tertiary/aromatic N) is 4. The van der Waals surface area contributed by atoms with Crippen LogP contribution in [0.25, 0.3) is 0 Å². The van der Waals surface area contributed by atoms with Crippen LogP contribution >= 0.6 is 0 Å². The van der Waals surface area contributed by atoms with Gasteiger partial charge in [0, 0.05) is 49.8 Å². The Morgan fingerprint density at radius 2 is 1.96 bits per heavy atom. The van der Waals surface area contributed by atoms with Crippen molar-refractivity contribution in [1.29, 1.82) is 0 Å². The van der Waals surface area contributed by atoms with Crippen molar-refractivity contribution in [3.63, 3.8) is 0 Å². The molecule has 0 bridgehead atoms. The van der Waals surface area contributed by atoms with Crippen molar-refractivity contribution in [3.8, 4) is 0 Å². The Balaban J connectivity index is 1.44. The van der Waals surface area contributed by atoms with Crippen LogP contribution in [-0.4, -0.2) is 47.0 Å². The van der Waals surface area contributed by atoms with Gasteiger partial charge in [-0.2, -0.15) is 0 Å². The highest BCUT2D eigenvalue weighted by Gasteiger charge is 2.41. The molecule has 0 saturated carbocycles. The topological polar surface area (TPSA) is 49.3 Å². The van der Waals surface area contributed by atoms with Crippen LogP contribution in [0, 0.1) is 12.3 Å². The predicted octanol–water partition coefficient (Wildman–Crippen LogP) is 3.24. The van der Waals surface area contributed by atoms with E-state index in [1.165, 1.54) is 12.0 Å². The molecule has 1 spiro atoms. The van der Waals surface area contributed by atoms with Gasteiger partial charge in [-0.1, -0.05) is 30.3 Å². The van der Waals surface area contributed by atoms with Gasteiger partial charge in [-0.15, -0.1) is 0 Å². The summed E-state index contributed by atoms with van der Waals surface area (Å²) >= 11 is 0. The molecular formula is C22H28N4O. The number of likely N-dealkylation sites (tertiary alicyclic amines) is 1. The summed E-state index contributed by atoms with van der Waals surface area (Å²) in [6, 6.07) is 12.5. The van der Waals surface area contributed by atoms with E-state index < -0.39 is 0 Å². The Bertz CT molecular complexity index is 794. The molecule has 0 N–H and O–H groups in total. The maximum atomic E-state index is 12.5. The lowest BCUT2D eigenvalue weighted by Crippen LogP contribution is -2.54. The van der Waals surface area contributed by atoms with Crippen molar-refractivity contribution in [2.75, 3.05) is 31.1 Å². The Morgan fingerprint density at radius 3 is 2.78 bits per heavy atom. The van der Waals surface area contributed by atoms with E-state index in [0.29, 0.717) is 12.3 Å². The van der Waals surface area contributed by atoms with Crippen molar-refractivity contribution in [2.24, 2.45) is 5.41 Å². The largest absolute Gasteiger partial charge is 0.356 e. The first-order chi connectivity index (χ1) is 13.1. The van der Waals surface area contributed by atoms with Gasteiger partial charge in [-0.3, -0.25) is 4.79 Å². The van der Waals surface area contributed by atoms with Crippen molar-refractivity contribution in [1.82, 2.24) is 14.9 Å². The second kappa shape index (κ2) is 7.67. The summed E-state index contributed by atoms with van der Waals surface area (Å²) in [5.41, 5.74) is 2.50. The standard InChI is InChI=1S/C22H28N4O/c1-18-14-20(24-17-23-18)25-12-5-10-22(15-25)11-8-21(27)26(16-22)13-9-19-6-3-2-4-7-19/h2-4,6-7,14,17H,5,8-13,15-16H2,1H3/t22-/m0/s1. The second-order valence-electron chi connectivity index (χ2n) is 8.09. The molecule has 2 fully saturated rings. The Morgan fingerprint density at radius 1 is 1.11 bits per heavy atom. The molecule has 2 aromatic rings. The molecule has 1 aromatic carbocycles.